The molecule has 3 aromatic rings. The first-order valence-corrected chi connectivity index (χ1v) is 9.79. The van der Waals surface area contributed by atoms with E-state index in [9.17, 15) is 19.8 Å². The number of phenols is 1. The number of carbonyl (C=O) groups is 1. The first-order valence-electron chi connectivity index (χ1n) is 9.79. The molecule has 0 saturated carbocycles. The summed E-state index contributed by atoms with van der Waals surface area (Å²) in [5.74, 6) is 0.206. The highest BCUT2D eigenvalue weighted by atomic mass is 16.5. The molecule has 8 nitrogen and oxygen atoms in total. The molecular formula is C24H16N2O6. The van der Waals surface area contributed by atoms with Crippen molar-refractivity contribution in [3.05, 3.63) is 64.6 Å². The van der Waals surface area contributed by atoms with Crippen LogP contribution in [0, 0.1) is 0 Å². The van der Waals surface area contributed by atoms with E-state index < -0.39 is 11.2 Å². The lowest BCUT2D eigenvalue weighted by molar-refractivity contribution is 0.0970. The second-order valence-electron chi connectivity index (χ2n) is 7.65. The quantitative estimate of drug-likeness (QED) is 0.438. The lowest BCUT2D eigenvalue weighted by Crippen LogP contribution is -2.10. The molecular weight excluding hydrogens is 412 g/mol. The van der Waals surface area contributed by atoms with Gasteiger partial charge in [-0.2, -0.15) is 0 Å². The summed E-state index contributed by atoms with van der Waals surface area (Å²) in [6, 6.07) is 9.69. The number of nitrogens with zero attached hydrogens (tertiary/aromatic N) is 2. The van der Waals surface area contributed by atoms with Crippen molar-refractivity contribution in [2.75, 3.05) is 14.2 Å². The summed E-state index contributed by atoms with van der Waals surface area (Å²) in [5.41, 5.74) is 2.18. The Hall–Kier alpha value is -4.46. The maximum Gasteiger partial charge on any atom is 0.265 e. The minimum absolute atomic E-state index is 0.107. The van der Waals surface area contributed by atoms with Gasteiger partial charge in [0.25, 0.3) is 5.91 Å². The summed E-state index contributed by atoms with van der Waals surface area (Å²) in [6.07, 6.45) is 3.26. The summed E-state index contributed by atoms with van der Waals surface area (Å²) in [4.78, 5) is 25.4. The minimum Gasteiger partial charge on any atom is -0.504 e. The van der Waals surface area contributed by atoms with Crippen LogP contribution in [-0.4, -0.2) is 39.3 Å². The van der Waals surface area contributed by atoms with E-state index in [-0.39, 0.29) is 11.8 Å². The highest BCUT2D eigenvalue weighted by molar-refractivity contribution is 6.21. The number of pyridine rings is 2. The molecule has 32 heavy (non-hydrogen) atoms. The van der Waals surface area contributed by atoms with Crippen molar-refractivity contribution in [3.63, 3.8) is 0 Å². The van der Waals surface area contributed by atoms with Crippen LogP contribution in [0.5, 0.6) is 23.1 Å². The van der Waals surface area contributed by atoms with Crippen LogP contribution in [0.3, 0.4) is 0 Å². The Kier molecular flexibility index (Phi) is 3.46. The standard InChI is InChI=1S/C24H16N2O6/c1-31-17-8-12-4-6-26-22(14(12)10-18(17)32-2)20-19(23(26)29)21-13-9-16(28)15(27)7-11(13)3-5-25(21)24(20)30/h3-10,28-29H,1-2H3. The summed E-state index contributed by atoms with van der Waals surface area (Å²) < 4.78 is 13.8. The van der Waals surface area contributed by atoms with Crippen molar-refractivity contribution in [2.45, 2.75) is 0 Å². The Morgan fingerprint density at radius 1 is 0.875 bits per heavy atom. The van der Waals surface area contributed by atoms with Crippen molar-refractivity contribution < 1.29 is 24.5 Å². The number of benzene rings is 2. The van der Waals surface area contributed by atoms with Gasteiger partial charge in [-0.25, -0.2) is 0 Å². The van der Waals surface area contributed by atoms with Crippen molar-refractivity contribution in [2.24, 2.45) is 0 Å². The molecule has 0 fully saturated rings. The summed E-state index contributed by atoms with van der Waals surface area (Å²) in [6.45, 7) is 0. The van der Waals surface area contributed by atoms with Gasteiger partial charge in [-0.1, -0.05) is 0 Å². The molecule has 8 heteroatoms. The maximum atomic E-state index is 13.5. The number of carbonyl (C=O) groups excluding carboxylic acids is 1. The lowest BCUT2D eigenvalue weighted by atomic mass is 9.98. The van der Waals surface area contributed by atoms with Gasteiger partial charge in [-0.05, 0) is 47.3 Å². The number of aromatic hydroxyl groups is 2. The number of methoxy groups -OCH3 is 2. The first kappa shape index (κ1) is 18.3. The van der Waals surface area contributed by atoms with E-state index in [1.165, 1.54) is 23.8 Å². The Bertz CT molecular complexity index is 1660. The fourth-order valence-electron chi connectivity index (χ4n) is 4.64. The third-order valence-electron chi connectivity index (χ3n) is 6.09. The average molecular weight is 428 g/mol. The molecule has 0 atom stereocenters. The minimum atomic E-state index is -0.509. The largest absolute Gasteiger partial charge is 0.504 e. The summed E-state index contributed by atoms with van der Waals surface area (Å²) in [5, 5.41) is 22.7. The molecule has 6 rings (SSSR count). The molecule has 1 aromatic carbocycles. The topological polar surface area (TPSA) is 102 Å². The summed E-state index contributed by atoms with van der Waals surface area (Å²) >= 11 is 0. The van der Waals surface area contributed by atoms with Gasteiger partial charge in [0.05, 0.1) is 36.6 Å². The van der Waals surface area contributed by atoms with Gasteiger partial charge in [0.15, 0.2) is 17.2 Å². The zero-order chi connectivity index (χ0) is 22.3. The van der Waals surface area contributed by atoms with Gasteiger partial charge < -0.3 is 19.7 Å². The predicted octanol–water partition coefficient (Wildman–Crippen LogP) is 3.46. The SMILES string of the molecule is COc1cc2ccn3c(O)c4c(c3c2cc1OC)C(=O)n1ccc2cc(=O)c(O)cc-2c1-4. The van der Waals surface area contributed by atoms with E-state index in [0.29, 0.717) is 50.3 Å². The van der Waals surface area contributed by atoms with Crippen molar-refractivity contribution in [1.29, 1.82) is 0 Å². The molecule has 0 unspecified atom stereocenters. The molecule has 3 aliphatic rings. The van der Waals surface area contributed by atoms with Gasteiger partial charge in [0.2, 0.25) is 11.3 Å². The van der Waals surface area contributed by atoms with E-state index in [1.807, 2.05) is 12.1 Å². The van der Waals surface area contributed by atoms with Crippen LogP contribution in [0.2, 0.25) is 0 Å². The highest BCUT2D eigenvalue weighted by Gasteiger charge is 2.37. The molecule has 2 aromatic heterocycles. The molecule has 0 spiro atoms. The number of rotatable bonds is 2. The molecule has 2 aliphatic heterocycles. The maximum absolute atomic E-state index is 13.5. The van der Waals surface area contributed by atoms with Crippen LogP contribution in [0.1, 0.15) is 10.4 Å². The van der Waals surface area contributed by atoms with E-state index in [1.54, 1.807) is 36.0 Å². The first-order chi connectivity index (χ1) is 15.4. The third kappa shape index (κ3) is 2.10. The van der Waals surface area contributed by atoms with E-state index in [0.717, 1.165) is 5.39 Å². The van der Waals surface area contributed by atoms with Gasteiger partial charge in [0.1, 0.15) is 0 Å². The van der Waals surface area contributed by atoms with Gasteiger partial charge in [-0.3, -0.25) is 18.6 Å². The van der Waals surface area contributed by atoms with E-state index in [2.05, 4.69) is 0 Å². The van der Waals surface area contributed by atoms with Crippen LogP contribution in [0.15, 0.2) is 53.6 Å². The second-order valence-corrected chi connectivity index (χ2v) is 7.65. The zero-order valence-electron chi connectivity index (χ0n) is 17.0. The van der Waals surface area contributed by atoms with Gasteiger partial charge in [0, 0.05) is 23.3 Å². The van der Waals surface area contributed by atoms with E-state index >= 15 is 0 Å². The monoisotopic (exact) mass is 428 g/mol. The Labute approximate surface area is 180 Å². The van der Waals surface area contributed by atoms with Crippen LogP contribution >= 0.6 is 0 Å². The molecule has 0 radical (unpaired) electrons. The number of ether oxygens (including phenoxy) is 2. The molecule has 0 amide bonds. The second kappa shape index (κ2) is 6.04. The van der Waals surface area contributed by atoms with E-state index in [4.69, 9.17) is 9.47 Å². The molecule has 158 valence electrons. The predicted molar refractivity (Wildman–Crippen MR) is 117 cm³/mol. The zero-order valence-corrected chi connectivity index (χ0v) is 17.0. The number of phenolic OH excluding ortho intramolecular Hbond substituents is 1. The lowest BCUT2D eigenvalue weighted by Gasteiger charge is -2.14. The number of fused-ring (bicyclic) bond motifs is 9. The Morgan fingerprint density at radius 2 is 1.62 bits per heavy atom. The molecule has 0 bridgehead atoms. The van der Waals surface area contributed by atoms with Crippen LogP contribution in [-0.2, 0) is 0 Å². The fourth-order valence-corrected chi connectivity index (χ4v) is 4.64. The fraction of sp³-hybridized carbons (Fsp3) is 0.0833. The van der Waals surface area contributed by atoms with Crippen LogP contribution in [0.25, 0.3) is 38.7 Å². The Balaban J connectivity index is 1.78. The van der Waals surface area contributed by atoms with Crippen molar-refractivity contribution in [3.8, 4) is 45.5 Å². The van der Waals surface area contributed by atoms with Crippen LogP contribution < -0.4 is 14.9 Å². The van der Waals surface area contributed by atoms with Crippen molar-refractivity contribution in [1.82, 2.24) is 8.97 Å². The van der Waals surface area contributed by atoms with Crippen LogP contribution in [0.4, 0.5) is 0 Å². The molecule has 2 N–H and O–H groups in total. The highest BCUT2D eigenvalue weighted by Crippen LogP contribution is 2.49. The number of hydrogen-bond acceptors (Lipinski definition) is 6. The number of hydrogen-bond donors (Lipinski definition) is 2. The average Bonchev–Trinajstić information content (AvgIpc) is 3.26. The molecule has 1 aliphatic carbocycles. The normalized spacial score (nSPS) is 12.5. The molecule has 4 heterocycles. The number of aromatic nitrogens is 2. The van der Waals surface area contributed by atoms with Gasteiger partial charge in [-0.15, -0.1) is 0 Å². The Morgan fingerprint density at radius 3 is 2.38 bits per heavy atom. The van der Waals surface area contributed by atoms with Crippen molar-refractivity contribution >= 4 is 22.2 Å². The third-order valence-corrected chi connectivity index (χ3v) is 6.09. The smallest absolute Gasteiger partial charge is 0.265 e. The van der Waals surface area contributed by atoms with Gasteiger partial charge >= 0.3 is 0 Å². The summed E-state index contributed by atoms with van der Waals surface area (Å²) in [7, 11) is 3.08. The molecule has 0 saturated heterocycles.